The van der Waals surface area contributed by atoms with Crippen LogP contribution in [0.25, 0.3) is 0 Å². The minimum Gasteiger partial charge on any atom is -0.313 e. The molecule has 0 spiro atoms. The highest BCUT2D eigenvalue weighted by Gasteiger charge is 2.24. The van der Waals surface area contributed by atoms with Gasteiger partial charge in [0.1, 0.15) is 0 Å². The van der Waals surface area contributed by atoms with Crippen molar-refractivity contribution in [2.75, 3.05) is 31.1 Å². The Bertz CT molecular complexity index is 289. The molecule has 1 N–H and O–H groups in total. The van der Waals surface area contributed by atoms with Crippen molar-refractivity contribution in [2.24, 2.45) is 0 Å². The summed E-state index contributed by atoms with van der Waals surface area (Å²) in [6.07, 6.45) is 1.13. The first-order valence-electron chi connectivity index (χ1n) is 6.12. The average Bonchev–Trinajstić information content (AvgIpc) is 2.25. The maximum absolute atomic E-state index is 11.3. The molecule has 1 aliphatic heterocycles. The average molecular weight is 248 g/mol. The van der Waals surface area contributed by atoms with Gasteiger partial charge in [-0.1, -0.05) is 6.92 Å². The zero-order chi connectivity index (χ0) is 12.2. The Morgan fingerprint density at radius 1 is 1.25 bits per heavy atom. The van der Waals surface area contributed by atoms with Crippen LogP contribution in [-0.2, 0) is 9.84 Å². The molecule has 96 valence electrons. The third-order valence-electron chi connectivity index (χ3n) is 3.38. The molecule has 0 radical (unpaired) electrons. The first-order chi connectivity index (χ1) is 7.44. The van der Waals surface area contributed by atoms with E-state index in [4.69, 9.17) is 0 Å². The van der Waals surface area contributed by atoms with Gasteiger partial charge in [0.15, 0.2) is 9.84 Å². The number of rotatable bonds is 5. The monoisotopic (exact) mass is 248 g/mol. The smallest absolute Gasteiger partial charge is 0.152 e. The molecule has 0 aliphatic carbocycles. The van der Waals surface area contributed by atoms with E-state index in [0.29, 0.717) is 36.7 Å². The number of hydrogen-bond acceptors (Lipinski definition) is 4. The molecule has 2 unspecified atom stereocenters. The van der Waals surface area contributed by atoms with Crippen molar-refractivity contribution in [1.82, 2.24) is 10.2 Å². The highest BCUT2D eigenvalue weighted by Crippen LogP contribution is 2.07. The van der Waals surface area contributed by atoms with E-state index in [2.05, 4.69) is 31.0 Å². The van der Waals surface area contributed by atoms with Crippen LogP contribution in [0, 0.1) is 0 Å². The van der Waals surface area contributed by atoms with Crippen LogP contribution in [0.2, 0.25) is 0 Å². The lowest BCUT2D eigenvalue weighted by atomic mass is 10.2. The molecule has 16 heavy (non-hydrogen) atoms. The quantitative estimate of drug-likeness (QED) is 0.769. The fourth-order valence-corrected chi connectivity index (χ4v) is 3.04. The Labute approximate surface area is 99.3 Å². The van der Waals surface area contributed by atoms with Gasteiger partial charge < -0.3 is 5.32 Å². The molecule has 1 saturated heterocycles. The van der Waals surface area contributed by atoms with E-state index >= 15 is 0 Å². The van der Waals surface area contributed by atoms with E-state index in [9.17, 15) is 8.42 Å². The summed E-state index contributed by atoms with van der Waals surface area (Å²) in [4.78, 5) is 2.26. The maximum atomic E-state index is 11.3. The Kier molecular flexibility index (Phi) is 5.21. The minimum atomic E-state index is -2.75. The van der Waals surface area contributed by atoms with E-state index in [1.54, 1.807) is 0 Å². The largest absolute Gasteiger partial charge is 0.313 e. The van der Waals surface area contributed by atoms with E-state index in [1.165, 1.54) is 0 Å². The fraction of sp³-hybridized carbons (Fsp3) is 1.00. The van der Waals surface area contributed by atoms with Crippen LogP contribution >= 0.6 is 0 Å². The van der Waals surface area contributed by atoms with E-state index in [-0.39, 0.29) is 0 Å². The van der Waals surface area contributed by atoms with Crippen molar-refractivity contribution >= 4 is 9.84 Å². The van der Waals surface area contributed by atoms with Gasteiger partial charge in [0, 0.05) is 31.7 Å². The third-order valence-corrected chi connectivity index (χ3v) is 4.99. The SMILES string of the molecule is CCC(C)NCC(C)N1CCS(=O)(=O)CC1. The predicted molar refractivity (Wildman–Crippen MR) is 67.4 cm³/mol. The second-order valence-corrected chi connectivity index (χ2v) is 7.06. The highest BCUT2D eigenvalue weighted by molar-refractivity contribution is 7.91. The Balaban J connectivity index is 2.30. The lowest BCUT2D eigenvalue weighted by Gasteiger charge is -2.32. The van der Waals surface area contributed by atoms with Gasteiger partial charge in [-0.3, -0.25) is 4.90 Å². The van der Waals surface area contributed by atoms with Crippen LogP contribution in [0.4, 0.5) is 0 Å². The van der Waals surface area contributed by atoms with Gasteiger partial charge in [0.05, 0.1) is 11.5 Å². The number of sulfone groups is 1. The van der Waals surface area contributed by atoms with Gasteiger partial charge in [-0.2, -0.15) is 0 Å². The second kappa shape index (κ2) is 5.98. The number of hydrogen-bond donors (Lipinski definition) is 1. The van der Waals surface area contributed by atoms with E-state index in [1.807, 2.05) is 0 Å². The first kappa shape index (κ1) is 13.9. The summed E-state index contributed by atoms with van der Waals surface area (Å²) >= 11 is 0. The van der Waals surface area contributed by atoms with Crippen LogP contribution in [0.5, 0.6) is 0 Å². The molecular formula is C11H24N2O2S. The molecule has 1 heterocycles. The molecule has 5 heteroatoms. The second-order valence-electron chi connectivity index (χ2n) is 4.75. The lowest BCUT2D eigenvalue weighted by molar-refractivity contribution is 0.216. The zero-order valence-corrected chi connectivity index (χ0v) is 11.4. The van der Waals surface area contributed by atoms with Crippen LogP contribution in [0.15, 0.2) is 0 Å². The normalized spacial score (nSPS) is 25.2. The molecule has 1 rings (SSSR count). The summed E-state index contributed by atoms with van der Waals surface area (Å²) in [5, 5.41) is 3.46. The van der Waals surface area contributed by atoms with Crippen molar-refractivity contribution in [3.8, 4) is 0 Å². The molecule has 1 fully saturated rings. The highest BCUT2D eigenvalue weighted by atomic mass is 32.2. The summed E-state index contributed by atoms with van der Waals surface area (Å²) in [5.74, 6) is 0.640. The van der Waals surface area contributed by atoms with Crippen molar-refractivity contribution in [3.63, 3.8) is 0 Å². The zero-order valence-electron chi connectivity index (χ0n) is 10.6. The minimum absolute atomic E-state index is 0.320. The molecular weight excluding hydrogens is 224 g/mol. The molecule has 0 aromatic rings. The third kappa shape index (κ3) is 4.39. The van der Waals surface area contributed by atoms with Gasteiger partial charge in [0.25, 0.3) is 0 Å². The van der Waals surface area contributed by atoms with E-state index < -0.39 is 9.84 Å². The summed E-state index contributed by atoms with van der Waals surface area (Å²) in [6.45, 7) is 8.81. The Morgan fingerprint density at radius 2 is 1.81 bits per heavy atom. The molecule has 0 bridgehead atoms. The molecule has 0 aromatic heterocycles. The fourth-order valence-electron chi connectivity index (χ4n) is 1.81. The van der Waals surface area contributed by atoms with Gasteiger partial charge in [0.2, 0.25) is 0 Å². The predicted octanol–water partition coefficient (Wildman–Crippen LogP) is 0.493. The van der Waals surface area contributed by atoms with Crippen LogP contribution < -0.4 is 5.32 Å². The Morgan fingerprint density at radius 3 is 2.31 bits per heavy atom. The van der Waals surface area contributed by atoms with Crippen molar-refractivity contribution in [1.29, 1.82) is 0 Å². The standard InChI is InChI=1S/C11H24N2O2S/c1-4-10(2)12-9-11(3)13-5-7-16(14,15)8-6-13/h10-12H,4-9H2,1-3H3. The van der Waals surface area contributed by atoms with Crippen molar-refractivity contribution in [3.05, 3.63) is 0 Å². The summed E-state index contributed by atoms with van der Waals surface area (Å²) in [5.41, 5.74) is 0. The number of nitrogens with one attached hydrogen (secondary N) is 1. The summed E-state index contributed by atoms with van der Waals surface area (Å²) in [7, 11) is -2.75. The van der Waals surface area contributed by atoms with Crippen LogP contribution in [0.3, 0.4) is 0 Å². The van der Waals surface area contributed by atoms with Crippen molar-refractivity contribution < 1.29 is 8.42 Å². The molecule has 4 nitrogen and oxygen atoms in total. The maximum Gasteiger partial charge on any atom is 0.152 e. The lowest BCUT2D eigenvalue weighted by Crippen LogP contribution is -2.49. The summed E-state index contributed by atoms with van der Waals surface area (Å²) in [6, 6.07) is 0.959. The van der Waals surface area contributed by atoms with Crippen LogP contribution in [0.1, 0.15) is 27.2 Å². The first-order valence-corrected chi connectivity index (χ1v) is 7.94. The molecule has 0 aromatic carbocycles. The molecule has 2 atom stereocenters. The van der Waals surface area contributed by atoms with Gasteiger partial charge in [-0.15, -0.1) is 0 Å². The van der Waals surface area contributed by atoms with Gasteiger partial charge in [-0.25, -0.2) is 8.42 Å². The molecule has 0 saturated carbocycles. The van der Waals surface area contributed by atoms with Gasteiger partial charge in [-0.05, 0) is 20.3 Å². The van der Waals surface area contributed by atoms with E-state index in [0.717, 1.165) is 13.0 Å². The van der Waals surface area contributed by atoms with Crippen molar-refractivity contribution in [2.45, 2.75) is 39.3 Å². The van der Waals surface area contributed by atoms with Gasteiger partial charge >= 0.3 is 0 Å². The topological polar surface area (TPSA) is 49.4 Å². The number of nitrogens with zero attached hydrogens (tertiary/aromatic N) is 1. The Hall–Kier alpha value is -0.130. The van der Waals surface area contributed by atoms with Crippen LogP contribution in [-0.4, -0.2) is 56.5 Å². The molecule has 0 amide bonds. The summed E-state index contributed by atoms with van der Waals surface area (Å²) < 4.78 is 22.6. The molecule has 1 aliphatic rings.